The Balaban J connectivity index is 0.780. The maximum absolute atomic E-state index is 15.3. The van der Waals surface area contributed by atoms with Crippen LogP contribution in [0.3, 0.4) is 0 Å². The number of hydrogen-bond acceptors (Lipinski definition) is 19. The van der Waals surface area contributed by atoms with Crippen molar-refractivity contribution in [3.8, 4) is 22.8 Å². The van der Waals surface area contributed by atoms with Gasteiger partial charge in [0.2, 0.25) is 29.6 Å². The molecule has 2 aliphatic rings. The number of ether oxygens (including phenoxy) is 2. The number of carbonyl (C=O) groups excluding carboxylic acids is 8. The number of carbonyl (C=O) groups is 9. The van der Waals surface area contributed by atoms with Crippen molar-refractivity contribution in [1.82, 2.24) is 50.8 Å². The summed E-state index contributed by atoms with van der Waals surface area (Å²) in [5.41, 5.74) is 7.68. The van der Waals surface area contributed by atoms with Crippen molar-refractivity contribution in [2.24, 2.45) is 16.0 Å². The smallest absolute Gasteiger partial charge is 0.321 e. The molecular formula is C72H91F2N17O15S2. The van der Waals surface area contributed by atoms with Gasteiger partial charge in [-0.25, -0.2) is 45.8 Å². The van der Waals surface area contributed by atoms with Gasteiger partial charge in [0.05, 0.1) is 65.2 Å². The van der Waals surface area contributed by atoms with Crippen molar-refractivity contribution in [3.05, 3.63) is 138 Å². The van der Waals surface area contributed by atoms with Crippen molar-refractivity contribution in [2.45, 2.75) is 101 Å². The molecule has 0 aliphatic carbocycles. The normalized spacial score (nSPS) is 14.9. The van der Waals surface area contributed by atoms with Crippen molar-refractivity contribution in [1.29, 1.82) is 0 Å². The van der Waals surface area contributed by atoms with E-state index in [1.54, 1.807) is 63.2 Å². The summed E-state index contributed by atoms with van der Waals surface area (Å²) < 4.78 is 89.2. The van der Waals surface area contributed by atoms with Gasteiger partial charge in [-0.2, -0.15) is 4.36 Å². The average Bonchev–Trinajstić information content (AvgIpc) is 0.979. The Hall–Kier alpha value is -11.1. The lowest BCUT2D eigenvalue weighted by Gasteiger charge is -2.30. The molecular weight excluding hydrogens is 1450 g/mol. The third-order valence-electron chi connectivity index (χ3n) is 17.1. The fourth-order valence-electron chi connectivity index (χ4n) is 11.5. The Morgan fingerprint density at radius 3 is 2.16 bits per heavy atom. The second-order valence-electron chi connectivity index (χ2n) is 26.5. The highest BCUT2D eigenvalue weighted by atomic mass is 32.2. The van der Waals surface area contributed by atoms with Crippen LogP contribution < -0.4 is 62.5 Å². The fourth-order valence-corrected chi connectivity index (χ4v) is 14.0. The van der Waals surface area contributed by atoms with Crippen LogP contribution in [-0.4, -0.2) is 205 Å². The van der Waals surface area contributed by atoms with Gasteiger partial charge in [0.15, 0.2) is 5.82 Å². The number of aromatic nitrogens is 2. The summed E-state index contributed by atoms with van der Waals surface area (Å²) in [5.74, 6) is -6.91. The molecule has 108 heavy (non-hydrogen) atoms. The highest BCUT2D eigenvalue weighted by Gasteiger charge is 2.40. The molecule has 0 saturated carbocycles. The van der Waals surface area contributed by atoms with E-state index < -0.39 is 128 Å². The number of rotatable bonds is 30. The molecule has 1 aromatic heterocycles. The van der Waals surface area contributed by atoms with E-state index in [1.807, 2.05) is 18.9 Å². The van der Waals surface area contributed by atoms with Crippen molar-refractivity contribution in [3.63, 3.8) is 0 Å². The minimum Gasteiger partial charge on any atom is -0.494 e. The quantitative estimate of drug-likeness (QED) is 0.0215. The van der Waals surface area contributed by atoms with Crippen molar-refractivity contribution < 1.29 is 79.1 Å². The van der Waals surface area contributed by atoms with Crippen LogP contribution in [0.5, 0.6) is 11.5 Å². The van der Waals surface area contributed by atoms with Crippen LogP contribution in [0, 0.1) is 17.6 Å². The van der Waals surface area contributed by atoms with Gasteiger partial charge in [-0.15, -0.1) is 0 Å². The summed E-state index contributed by atoms with van der Waals surface area (Å²) in [7, 11) is -2.52. The molecule has 11 amide bonds. The largest absolute Gasteiger partial charge is 0.494 e. The first kappa shape index (κ1) is 82.5. The second kappa shape index (κ2) is 38.4. The second-order valence-corrected chi connectivity index (χ2v) is 30.6. The molecule has 1 fully saturated rings. The Bertz CT molecular complexity index is 4510. The number of sulfonamides is 1. The van der Waals surface area contributed by atoms with Crippen LogP contribution in [0.25, 0.3) is 11.3 Å². The van der Waals surface area contributed by atoms with E-state index in [9.17, 15) is 65.3 Å². The minimum atomic E-state index is -4.20. The lowest BCUT2D eigenvalue weighted by Crippen LogP contribution is -2.57. The molecule has 2 aliphatic heterocycles. The molecule has 32 nitrogen and oxygen atoms in total. The number of benzene rings is 5. The first-order valence-electron chi connectivity index (χ1n) is 34.8. The molecule has 6 aromatic rings. The highest BCUT2D eigenvalue weighted by molar-refractivity contribution is 7.93. The van der Waals surface area contributed by atoms with Crippen LogP contribution in [0.15, 0.2) is 125 Å². The number of amides is 11. The van der Waals surface area contributed by atoms with Gasteiger partial charge in [-0.3, -0.25) is 38.4 Å². The summed E-state index contributed by atoms with van der Waals surface area (Å²) in [6.07, 6.45) is 3.34. The predicted octanol–water partition coefficient (Wildman–Crippen LogP) is 7.03. The zero-order valence-corrected chi connectivity index (χ0v) is 62.5. The number of carboxylic acids is 1. The molecule has 0 radical (unpaired) electrons. The average molecular weight is 1540 g/mol. The number of nitrogens with zero attached hydrogens (tertiary/aromatic N) is 7. The molecule has 12 N–H and O–H groups in total. The van der Waals surface area contributed by atoms with Crippen molar-refractivity contribution >= 4 is 108 Å². The number of likely N-dealkylation sites (N-methyl/N-ethyl adjacent to an activating group) is 3. The monoisotopic (exact) mass is 1540 g/mol. The number of nitrogens with two attached hydrogens (primary N) is 1. The summed E-state index contributed by atoms with van der Waals surface area (Å²) in [6, 6.07) is 19.4. The number of halogens is 2. The third-order valence-corrected chi connectivity index (χ3v) is 19.9. The summed E-state index contributed by atoms with van der Waals surface area (Å²) >= 11 is 0. The van der Waals surface area contributed by atoms with Gasteiger partial charge in [-0.1, -0.05) is 39.0 Å². The number of nitrogens with one attached hydrogen (secondary N) is 9. The maximum atomic E-state index is 15.3. The minimum absolute atomic E-state index is 0.0393. The molecule has 4 bridgehead atoms. The molecule has 3 heterocycles. The highest BCUT2D eigenvalue weighted by Crippen LogP contribution is 2.34. The third kappa shape index (κ3) is 25.0. The van der Waals surface area contributed by atoms with Gasteiger partial charge in [-0.05, 0) is 142 Å². The van der Waals surface area contributed by atoms with Crippen molar-refractivity contribution in [2.75, 3.05) is 112 Å². The van der Waals surface area contributed by atoms with Gasteiger partial charge in [0, 0.05) is 98.7 Å². The van der Waals surface area contributed by atoms with E-state index in [2.05, 4.69) is 61.6 Å². The molecule has 580 valence electrons. The Kier molecular flexibility index (Phi) is 29.4. The lowest BCUT2D eigenvalue weighted by atomic mass is 10.0. The first-order valence-corrected chi connectivity index (χ1v) is 38.4. The van der Waals surface area contributed by atoms with E-state index in [0.717, 1.165) is 18.3 Å². The van der Waals surface area contributed by atoms with E-state index in [0.29, 0.717) is 80.2 Å². The SMILES string of the molecule is CCCNC(=O)Nc1cccc(S(=O)(=O)Nc2cccc([C@@H](CC(=O)O)NC(=O)Nc3ccc(NC(=O)N(C)CCN(C)CCN(C)CC(=O)N[C@@H](CC(N)=O)C(=O)N4CCC[C@H]4C(=O)N[C@H](C(=O)N=[S@@](C)(=O)Cc4cc5cc(c4)OCCCCOc4cc(F)ccc4-c4nc(ncc4F)N5)C(C)C)cc3)c2)c1. The lowest BCUT2D eigenvalue weighted by molar-refractivity contribution is -0.143. The van der Waals surface area contributed by atoms with Crippen LogP contribution in [-0.2, 0) is 54.3 Å². The van der Waals surface area contributed by atoms with Gasteiger partial charge in [0.25, 0.3) is 15.9 Å². The Morgan fingerprint density at radius 1 is 0.759 bits per heavy atom. The Labute approximate surface area is 624 Å². The van der Waals surface area contributed by atoms with Gasteiger partial charge in [0.1, 0.15) is 41.1 Å². The number of anilines is 6. The number of likely N-dealkylation sites (tertiary alicyclic amines) is 1. The first-order chi connectivity index (χ1) is 51.3. The standard InChI is InChI=1S/C72H91F2N17O15S2/c1-8-25-76-70(99)80-50-15-12-17-54(38-50)108(103,104)86-51-16-11-14-46(35-51)57(40-63(94)95)83-71(100)79-48-20-22-49(23-21-48)81-72(101)90(6)30-29-88(4)27-28-89(5)42-62(93)82-58(39-61(75)92)68(98)91-26-13-18-59(91)66(96)84-64(44(2)3)67(97)87-107(7,102)43-45-33-52-37-53(34-45)105-31-9-10-32-106-60-36-47(73)19-24-55(60)65-56(74)41-77-69(78-52)85-65/h11-12,14-17,19-24,33-38,41,44,57-59,64,86H,8-10,13,18,25-32,39-40,42-43H2,1-7H3,(H2,75,92)(H,81,101)(H,82,93)(H,84,96)(H,94,95)(H2,76,80,99)(H,77,78,85)(H2,79,83,100)/t57-,58+,59+,64+,107+/m1/s1. The molecule has 0 unspecified atom stereocenters. The number of hydrogen-bond donors (Lipinski definition) is 11. The summed E-state index contributed by atoms with van der Waals surface area (Å²) in [6.45, 7) is 7.33. The van der Waals surface area contributed by atoms with Crippen LogP contribution in [0.4, 0.5) is 57.5 Å². The molecule has 5 atom stereocenters. The zero-order chi connectivity index (χ0) is 78.4. The van der Waals surface area contributed by atoms with Gasteiger partial charge < -0.3 is 77.5 Å². The number of urea groups is 3. The van der Waals surface area contributed by atoms with Crippen LogP contribution in [0.1, 0.15) is 82.9 Å². The fraction of sp³-hybridized carbons (Fsp3) is 0.403. The Morgan fingerprint density at radius 2 is 1.44 bits per heavy atom. The molecule has 5 aromatic carbocycles. The number of primary amides is 1. The topological polar surface area (TPSA) is 429 Å². The van der Waals surface area contributed by atoms with Crippen LogP contribution in [0.2, 0.25) is 0 Å². The van der Waals surface area contributed by atoms with E-state index in [1.165, 1.54) is 82.8 Å². The maximum Gasteiger partial charge on any atom is 0.321 e. The van der Waals surface area contributed by atoms with Crippen LogP contribution >= 0.6 is 0 Å². The molecule has 36 heteroatoms. The molecule has 1 saturated heterocycles. The number of aliphatic carboxylic acids is 1. The summed E-state index contributed by atoms with van der Waals surface area (Å²) in [4.78, 5) is 134. The summed E-state index contributed by atoms with van der Waals surface area (Å²) in [5, 5.41) is 31.4. The molecule has 8 rings (SSSR count). The number of carboxylic acid groups (broad SMARTS) is 1. The predicted molar refractivity (Wildman–Crippen MR) is 401 cm³/mol. The van der Waals surface area contributed by atoms with E-state index >= 15 is 4.39 Å². The van der Waals surface area contributed by atoms with E-state index in [-0.39, 0.29) is 89.8 Å². The van der Waals surface area contributed by atoms with Gasteiger partial charge >= 0.3 is 24.1 Å². The number of fused-ring (bicyclic) bond motifs is 6. The van der Waals surface area contributed by atoms with E-state index in [4.69, 9.17) is 15.2 Å². The zero-order valence-electron chi connectivity index (χ0n) is 60.8. The molecule has 0 spiro atoms.